The van der Waals surface area contributed by atoms with Gasteiger partial charge < -0.3 is 24.6 Å². The summed E-state index contributed by atoms with van der Waals surface area (Å²) in [7, 11) is 1.60. The topological polar surface area (TPSA) is 84.0 Å². The van der Waals surface area contributed by atoms with Gasteiger partial charge in [-0.25, -0.2) is 0 Å². The second-order valence-corrected chi connectivity index (χ2v) is 9.68. The molecule has 4 aromatic rings. The molecule has 1 saturated heterocycles. The molecule has 8 heteroatoms. The van der Waals surface area contributed by atoms with E-state index in [0.717, 1.165) is 22.7 Å². The molecule has 0 saturated carbocycles. The first-order valence-corrected chi connectivity index (χ1v) is 13.8. The molecule has 42 heavy (non-hydrogen) atoms. The molecular weight excluding hydrogens is 528 g/mol. The van der Waals surface area contributed by atoms with Crippen molar-refractivity contribution in [1.82, 2.24) is 9.88 Å². The Morgan fingerprint density at radius 1 is 0.833 bits per heavy atom. The van der Waals surface area contributed by atoms with Crippen LogP contribution in [0.5, 0.6) is 11.5 Å². The molecular formula is C34H32N4O4. The van der Waals surface area contributed by atoms with Crippen molar-refractivity contribution < 1.29 is 19.1 Å². The third-order valence-corrected chi connectivity index (χ3v) is 6.89. The van der Waals surface area contributed by atoms with Crippen LogP contribution in [-0.4, -0.2) is 61.6 Å². The van der Waals surface area contributed by atoms with Crippen molar-refractivity contribution in [1.29, 1.82) is 0 Å². The fraction of sp³-hybridized carbons (Fsp3) is 0.206. The molecule has 8 nitrogen and oxygen atoms in total. The molecule has 0 bridgehead atoms. The molecule has 1 aromatic heterocycles. The number of carbonyl (C=O) groups is 2. The number of carbonyl (C=O) groups excluding carboxylic acids is 2. The summed E-state index contributed by atoms with van der Waals surface area (Å²) in [5.41, 5.74) is 4.31. The van der Waals surface area contributed by atoms with E-state index in [1.807, 2.05) is 60.4 Å². The van der Waals surface area contributed by atoms with Gasteiger partial charge in [0.25, 0.3) is 11.8 Å². The van der Waals surface area contributed by atoms with Gasteiger partial charge in [0.2, 0.25) is 0 Å². The lowest BCUT2D eigenvalue weighted by atomic mass is 10.1. The SMILES string of the molecule is CCOc1cccc(C#Cc2cncc(C(=O)N3CCN(c4ccc(C(=O)Nc5ccc(OC)cc5)cc4)CC3)c2)c1. The third-order valence-electron chi connectivity index (χ3n) is 6.89. The number of piperazine rings is 1. The summed E-state index contributed by atoms with van der Waals surface area (Å²) >= 11 is 0. The average Bonchev–Trinajstić information content (AvgIpc) is 3.04. The maximum atomic E-state index is 13.2. The van der Waals surface area contributed by atoms with Crippen molar-refractivity contribution in [3.05, 3.63) is 114 Å². The molecule has 2 heterocycles. The van der Waals surface area contributed by atoms with Crippen molar-refractivity contribution in [2.24, 2.45) is 0 Å². The Bertz CT molecular complexity index is 1600. The highest BCUT2D eigenvalue weighted by Crippen LogP contribution is 2.20. The van der Waals surface area contributed by atoms with Crippen LogP contribution in [0.3, 0.4) is 0 Å². The van der Waals surface area contributed by atoms with Gasteiger partial charge >= 0.3 is 0 Å². The Hall–Kier alpha value is -5.29. The minimum absolute atomic E-state index is 0.0605. The Kier molecular flexibility index (Phi) is 9.00. The number of aromatic nitrogens is 1. The number of nitrogens with zero attached hydrogens (tertiary/aromatic N) is 3. The highest BCUT2D eigenvalue weighted by molar-refractivity contribution is 6.04. The van der Waals surface area contributed by atoms with Gasteiger partial charge in [0.05, 0.1) is 19.3 Å². The lowest BCUT2D eigenvalue weighted by Gasteiger charge is -2.36. The van der Waals surface area contributed by atoms with Gasteiger partial charge in [0.15, 0.2) is 0 Å². The zero-order valence-electron chi connectivity index (χ0n) is 23.7. The molecule has 0 spiro atoms. The minimum atomic E-state index is -0.179. The molecule has 1 aliphatic rings. The van der Waals surface area contributed by atoms with Crippen LogP contribution in [0, 0.1) is 11.8 Å². The predicted molar refractivity (Wildman–Crippen MR) is 163 cm³/mol. The number of pyridine rings is 1. The van der Waals surface area contributed by atoms with E-state index in [-0.39, 0.29) is 11.8 Å². The smallest absolute Gasteiger partial charge is 0.255 e. The van der Waals surface area contributed by atoms with Crippen LogP contribution in [0.25, 0.3) is 0 Å². The lowest BCUT2D eigenvalue weighted by Crippen LogP contribution is -2.48. The second-order valence-electron chi connectivity index (χ2n) is 9.68. The summed E-state index contributed by atoms with van der Waals surface area (Å²) in [5, 5.41) is 2.90. The number of hydrogen-bond donors (Lipinski definition) is 1. The summed E-state index contributed by atoms with van der Waals surface area (Å²) in [4.78, 5) is 34.2. The van der Waals surface area contributed by atoms with Gasteiger partial charge in [0, 0.05) is 66.6 Å². The first kappa shape index (κ1) is 28.2. The van der Waals surface area contributed by atoms with Gasteiger partial charge in [0.1, 0.15) is 11.5 Å². The van der Waals surface area contributed by atoms with Crippen molar-refractivity contribution in [3.63, 3.8) is 0 Å². The minimum Gasteiger partial charge on any atom is -0.497 e. The number of hydrogen-bond acceptors (Lipinski definition) is 6. The maximum Gasteiger partial charge on any atom is 0.255 e. The zero-order chi connectivity index (χ0) is 29.3. The number of nitrogens with one attached hydrogen (secondary N) is 1. The van der Waals surface area contributed by atoms with Crippen LogP contribution >= 0.6 is 0 Å². The predicted octanol–water partition coefficient (Wildman–Crippen LogP) is 5.10. The van der Waals surface area contributed by atoms with Crippen LogP contribution < -0.4 is 19.7 Å². The second kappa shape index (κ2) is 13.4. The maximum absolute atomic E-state index is 13.2. The first-order chi connectivity index (χ1) is 20.5. The van der Waals surface area contributed by atoms with Crippen LogP contribution in [0.2, 0.25) is 0 Å². The van der Waals surface area contributed by atoms with Crippen LogP contribution in [0.15, 0.2) is 91.3 Å². The number of anilines is 2. The highest BCUT2D eigenvalue weighted by Gasteiger charge is 2.23. The van der Waals surface area contributed by atoms with Crippen molar-refractivity contribution in [3.8, 4) is 23.3 Å². The van der Waals surface area contributed by atoms with Gasteiger partial charge in [-0.2, -0.15) is 0 Å². The first-order valence-electron chi connectivity index (χ1n) is 13.8. The van der Waals surface area contributed by atoms with Crippen LogP contribution in [0.1, 0.15) is 38.8 Å². The summed E-state index contributed by atoms with van der Waals surface area (Å²) in [5.74, 6) is 7.50. The Balaban J connectivity index is 1.16. The van der Waals surface area contributed by atoms with Gasteiger partial charge in [-0.3, -0.25) is 14.6 Å². The molecule has 5 rings (SSSR count). The van der Waals surface area contributed by atoms with Gasteiger partial charge in [-0.05, 0) is 79.7 Å². The fourth-order valence-electron chi connectivity index (χ4n) is 4.65. The lowest BCUT2D eigenvalue weighted by molar-refractivity contribution is 0.0746. The van der Waals surface area contributed by atoms with Crippen molar-refractivity contribution >= 4 is 23.2 Å². The van der Waals surface area contributed by atoms with Crippen molar-refractivity contribution in [2.75, 3.05) is 50.1 Å². The average molecular weight is 561 g/mol. The molecule has 3 aromatic carbocycles. The highest BCUT2D eigenvalue weighted by atomic mass is 16.5. The standard InChI is InChI=1S/C34H32N4O4/c1-3-42-32-6-4-5-25(22-32)7-8-26-21-28(24-35-23-26)34(40)38-19-17-37(18-20-38)30-13-9-27(10-14-30)33(39)36-29-11-15-31(41-2)16-12-29/h4-6,9-16,21-24H,3,17-20H2,1-2H3,(H,36,39). The Labute approximate surface area is 245 Å². The molecule has 1 N–H and O–H groups in total. The van der Waals surface area contributed by atoms with Crippen LogP contribution in [0.4, 0.5) is 11.4 Å². The Morgan fingerprint density at radius 2 is 1.57 bits per heavy atom. The van der Waals surface area contributed by atoms with Crippen LogP contribution in [-0.2, 0) is 0 Å². The van der Waals surface area contributed by atoms with E-state index >= 15 is 0 Å². The van der Waals surface area contributed by atoms with Gasteiger partial charge in [-0.15, -0.1) is 0 Å². The van der Waals surface area contributed by atoms with E-state index in [1.165, 1.54) is 0 Å². The number of benzene rings is 3. The van der Waals surface area contributed by atoms with E-state index in [2.05, 4.69) is 27.0 Å². The molecule has 0 aliphatic carbocycles. The number of methoxy groups -OCH3 is 1. The summed E-state index contributed by atoms with van der Waals surface area (Å²) < 4.78 is 10.7. The molecule has 1 aliphatic heterocycles. The number of ether oxygens (including phenoxy) is 2. The van der Waals surface area contributed by atoms with E-state index in [4.69, 9.17) is 9.47 Å². The summed E-state index contributed by atoms with van der Waals surface area (Å²) in [6.45, 7) is 5.07. The molecule has 0 unspecified atom stereocenters. The van der Waals surface area contributed by atoms with Gasteiger partial charge in [-0.1, -0.05) is 17.9 Å². The summed E-state index contributed by atoms with van der Waals surface area (Å²) in [6.07, 6.45) is 3.25. The monoisotopic (exact) mass is 560 g/mol. The number of rotatable bonds is 7. The summed E-state index contributed by atoms with van der Waals surface area (Å²) in [6, 6.07) is 24.1. The molecule has 2 amide bonds. The third kappa shape index (κ3) is 7.07. The Morgan fingerprint density at radius 3 is 2.29 bits per heavy atom. The number of amides is 2. The molecule has 0 atom stereocenters. The zero-order valence-corrected chi connectivity index (χ0v) is 23.7. The fourth-order valence-corrected chi connectivity index (χ4v) is 4.65. The van der Waals surface area contributed by atoms with E-state index in [0.29, 0.717) is 55.2 Å². The molecule has 0 radical (unpaired) electrons. The largest absolute Gasteiger partial charge is 0.497 e. The van der Waals surface area contributed by atoms with E-state index in [9.17, 15) is 9.59 Å². The molecule has 1 fully saturated rings. The van der Waals surface area contributed by atoms with Crippen molar-refractivity contribution in [2.45, 2.75) is 6.92 Å². The molecule has 212 valence electrons. The van der Waals surface area contributed by atoms with E-state index in [1.54, 1.807) is 49.8 Å². The van der Waals surface area contributed by atoms with E-state index < -0.39 is 0 Å². The normalized spacial score (nSPS) is 12.6. The quantitative estimate of drug-likeness (QED) is 0.317.